The van der Waals surface area contributed by atoms with Gasteiger partial charge in [0, 0.05) is 10.9 Å². The van der Waals surface area contributed by atoms with Crippen LogP contribution < -0.4 is 5.14 Å². The molecule has 0 aliphatic heterocycles. The maximum atomic E-state index is 11.3. The Bertz CT molecular complexity index is 1160. The largest absolute Gasteiger partial charge is 0.277 e. The van der Waals surface area contributed by atoms with Crippen molar-refractivity contribution in [1.29, 1.82) is 0 Å². The van der Waals surface area contributed by atoms with E-state index in [1.807, 2.05) is 30.3 Å². The van der Waals surface area contributed by atoms with Gasteiger partial charge in [-0.1, -0.05) is 42.5 Å². The van der Waals surface area contributed by atoms with Gasteiger partial charge in [0.25, 0.3) is 0 Å². The number of aromatic nitrogens is 2. The van der Waals surface area contributed by atoms with Gasteiger partial charge >= 0.3 is 0 Å². The van der Waals surface area contributed by atoms with Crippen LogP contribution in [0.25, 0.3) is 32.9 Å². The van der Waals surface area contributed by atoms with Crippen LogP contribution in [0.4, 0.5) is 0 Å². The average molecular weight is 337 g/mol. The number of aromatic amines is 1. The Labute approximate surface area is 139 Å². The average Bonchev–Trinajstić information content (AvgIpc) is 2.96. The zero-order chi connectivity index (χ0) is 16.7. The molecule has 0 atom stereocenters. The van der Waals surface area contributed by atoms with Crippen LogP contribution in [0.5, 0.6) is 0 Å². The van der Waals surface area contributed by atoms with E-state index < -0.39 is 10.0 Å². The predicted octanol–water partition coefficient (Wildman–Crippen LogP) is 3.17. The predicted molar refractivity (Wildman–Crippen MR) is 95.8 cm³/mol. The minimum absolute atomic E-state index is 0.189. The first-order valence-electron chi connectivity index (χ1n) is 7.46. The molecular weight excluding hydrogens is 322 g/mol. The molecule has 120 valence electrons. The van der Waals surface area contributed by atoms with Crippen LogP contribution in [-0.4, -0.2) is 18.6 Å². The van der Waals surface area contributed by atoms with Crippen molar-refractivity contribution in [3.8, 4) is 11.3 Å². The van der Waals surface area contributed by atoms with Crippen LogP contribution >= 0.6 is 0 Å². The zero-order valence-corrected chi connectivity index (χ0v) is 13.5. The molecule has 3 N–H and O–H groups in total. The summed E-state index contributed by atoms with van der Waals surface area (Å²) in [6.45, 7) is 0. The number of sulfonamides is 1. The Balaban J connectivity index is 1.87. The topological polar surface area (TPSA) is 88.8 Å². The molecule has 4 aromatic rings. The van der Waals surface area contributed by atoms with Gasteiger partial charge in [0.2, 0.25) is 10.0 Å². The summed E-state index contributed by atoms with van der Waals surface area (Å²) < 4.78 is 22.7. The van der Waals surface area contributed by atoms with Gasteiger partial charge in [-0.2, -0.15) is 5.10 Å². The van der Waals surface area contributed by atoms with Gasteiger partial charge in [-0.3, -0.25) is 5.10 Å². The number of hydrogen-bond donors (Lipinski definition) is 2. The first-order chi connectivity index (χ1) is 11.5. The lowest BCUT2D eigenvalue weighted by atomic mass is 10.0. The Kier molecular flexibility index (Phi) is 3.37. The van der Waals surface area contributed by atoms with Crippen molar-refractivity contribution < 1.29 is 8.42 Å². The van der Waals surface area contributed by atoms with Crippen LogP contribution in [0.3, 0.4) is 0 Å². The number of benzene rings is 3. The fourth-order valence-electron chi connectivity index (χ4n) is 2.94. The summed E-state index contributed by atoms with van der Waals surface area (Å²) >= 11 is 0. The maximum absolute atomic E-state index is 11.3. The highest BCUT2D eigenvalue weighted by molar-refractivity contribution is 7.88. The van der Waals surface area contributed by atoms with E-state index in [1.54, 1.807) is 6.07 Å². The first-order valence-corrected chi connectivity index (χ1v) is 9.18. The summed E-state index contributed by atoms with van der Waals surface area (Å²) in [5.41, 5.74) is 3.28. The van der Waals surface area contributed by atoms with E-state index in [0.717, 1.165) is 32.9 Å². The fraction of sp³-hybridized carbons (Fsp3) is 0.0556. The Morgan fingerprint density at radius 3 is 2.54 bits per heavy atom. The third kappa shape index (κ3) is 2.77. The van der Waals surface area contributed by atoms with E-state index in [4.69, 9.17) is 5.14 Å². The molecule has 0 fully saturated rings. The van der Waals surface area contributed by atoms with Crippen molar-refractivity contribution in [1.82, 2.24) is 10.2 Å². The zero-order valence-electron chi connectivity index (χ0n) is 12.7. The summed E-state index contributed by atoms with van der Waals surface area (Å²) in [6, 6.07) is 19.7. The van der Waals surface area contributed by atoms with Crippen LogP contribution in [0, 0.1) is 0 Å². The summed E-state index contributed by atoms with van der Waals surface area (Å²) in [7, 11) is -3.57. The molecule has 0 aliphatic rings. The van der Waals surface area contributed by atoms with E-state index in [0.29, 0.717) is 5.56 Å². The number of hydrogen-bond acceptors (Lipinski definition) is 3. The second-order valence-electron chi connectivity index (χ2n) is 5.82. The molecule has 0 amide bonds. The van der Waals surface area contributed by atoms with Gasteiger partial charge in [0.05, 0.1) is 17.0 Å². The summed E-state index contributed by atoms with van der Waals surface area (Å²) in [6.07, 6.45) is 0. The quantitative estimate of drug-likeness (QED) is 0.602. The van der Waals surface area contributed by atoms with Crippen LogP contribution in [-0.2, 0) is 15.8 Å². The minimum Gasteiger partial charge on any atom is -0.277 e. The molecule has 0 radical (unpaired) electrons. The Hall–Kier alpha value is -2.70. The van der Waals surface area contributed by atoms with Crippen molar-refractivity contribution in [2.24, 2.45) is 5.14 Å². The van der Waals surface area contributed by atoms with Crippen molar-refractivity contribution >= 4 is 31.7 Å². The van der Waals surface area contributed by atoms with Crippen molar-refractivity contribution in [2.45, 2.75) is 5.75 Å². The van der Waals surface area contributed by atoms with Crippen LogP contribution in [0.15, 0.2) is 60.7 Å². The number of nitrogens with two attached hydrogens (primary N) is 1. The highest BCUT2D eigenvalue weighted by Crippen LogP contribution is 2.29. The smallest absolute Gasteiger partial charge is 0.213 e. The summed E-state index contributed by atoms with van der Waals surface area (Å²) in [5.74, 6) is -0.189. The summed E-state index contributed by atoms with van der Waals surface area (Å²) in [5, 5.41) is 15.7. The number of nitrogens with zero attached hydrogens (tertiary/aromatic N) is 1. The number of fused-ring (bicyclic) bond motifs is 2. The SMILES string of the molecule is NS(=O)(=O)Cc1ccc2[nH]nc(-c3ccc4ccccc4c3)c2c1. The Morgan fingerprint density at radius 1 is 0.958 bits per heavy atom. The van der Waals surface area contributed by atoms with E-state index in [2.05, 4.69) is 34.5 Å². The van der Waals surface area contributed by atoms with E-state index in [1.165, 1.54) is 0 Å². The lowest BCUT2D eigenvalue weighted by molar-refractivity contribution is 0.597. The van der Waals surface area contributed by atoms with Crippen molar-refractivity contribution in [3.05, 3.63) is 66.2 Å². The molecule has 0 bridgehead atoms. The number of rotatable bonds is 3. The molecule has 3 aromatic carbocycles. The van der Waals surface area contributed by atoms with Gasteiger partial charge in [0.1, 0.15) is 0 Å². The third-order valence-corrected chi connectivity index (χ3v) is 4.75. The second-order valence-corrected chi connectivity index (χ2v) is 7.44. The minimum atomic E-state index is -3.57. The molecule has 0 unspecified atom stereocenters. The standard InChI is InChI=1S/C18H15N3O2S/c19-24(22,23)11-12-5-8-17-16(9-12)18(21-20-17)15-7-6-13-3-1-2-4-14(13)10-15/h1-10H,11H2,(H,20,21)(H2,19,22,23). The lowest BCUT2D eigenvalue weighted by Gasteiger charge is -2.03. The monoisotopic (exact) mass is 337 g/mol. The fourth-order valence-corrected chi connectivity index (χ4v) is 3.58. The molecule has 0 saturated heterocycles. The Morgan fingerprint density at radius 2 is 1.75 bits per heavy atom. The molecule has 4 rings (SSSR count). The van der Waals surface area contributed by atoms with Gasteiger partial charge in [0.15, 0.2) is 0 Å². The van der Waals surface area contributed by atoms with Crippen LogP contribution in [0.2, 0.25) is 0 Å². The first kappa shape index (κ1) is 14.9. The second kappa shape index (κ2) is 5.43. The van der Waals surface area contributed by atoms with Crippen molar-refractivity contribution in [2.75, 3.05) is 0 Å². The molecule has 5 nitrogen and oxygen atoms in total. The molecule has 0 saturated carbocycles. The van der Waals surface area contributed by atoms with E-state index >= 15 is 0 Å². The normalized spacial score (nSPS) is 12.0. The van der Waals surface area contributed by atoms with Crippen LogP contribution in [0.1, 0.15) is 5.56 Å². The van der Waals surface area contributed by atoms with Gasteiger partial charge < -0.3 is 0 Å². The number of H-pyrrole nitrogens is 1. The molecule has 0 aliphatic carbocycles. The van der Waals surface area contributed by atoms with E-state index in [-0.39, 0.29) is 5.75 Å². The maximum Gasteiger partial charge on any atom is 0.213 e. The molecule has 24 heavy (non-hydrogen) atoms. The molecular formula is C18H15N3O2S. The van der Waals surface area contributed by atoms with Gasteiger partial charge in [-0.15, -0.1) is 0 Å². The third-order valence-electron chi connectivity index (χ3n) is 4.02. The number of primary sulfonamides is 1. The van der Waals surface area contributed by atoms with Gasteiger partial charge in [-0.25, -0.2) is 13.6 Å². The molecule has 1 heterocycles. The molecule has 6 heteroatoms. The number of nitrogens with one attached hydrogen (secondary N) is 1. The van der Waals surface area contributed by atoms with Gasteiger partial charge in [-0.05, 0) is 34.5 Å². The van der Waals surface area contributed by atoms with E-state index in [9.17, 15) is 8.42 Å². The highest BCUT2D eigenvalue weighted by atomic mass is 32.2. The van der Waals surface area contributed by atoms with Crippen molar-refractivity contribution in [3.63, 3.8) is 0 Å². The molecule has 0 spiro atoms. The highest BCUT2D eigenvalue weighted by Gasteiger charge is 2.12. The summed E-state index contributed by atoms with van der Waals surface area (Å²) in [4.78, 5) is 0. The molecule has 1 aromatic heterocycles. The lowest BCUT2D eigenvalue weighted by Crippen LogP contribution is -2.14.